The normalized spacial score (nSPS) is 23.9. The van der Waals surface area contributed by atoms with Crippen molar-refractivity contribution in [3.63, 3.8) is 0 Å². The molecule has 4 fully saturated rings. The van der Waals surface area contributed by atoms with Gasteiger partial charge in [0, 0.05) is 112 Å². The molecule has 47 heavy (non-hydrogen) atoms. The van der Waals surface area contributed by atoms with Crippen LogP contribution in [-0.4, -0.2) is 84.0 Å². The highest BCUT2D eigenvalue weighted by Gasteiger charge is 2.41. The molecule has 4 aliphatic rings. The van der Waals surface area contributed by atoms with Gasteiger partial charge in [0.15, 0.2) is 0 Å². The molecule has 0 spiro atoms. The lowest BCUT2D eigenvalue weighted by Gasteiger charge is -2.36. The molecule has 3 N–H and O–H groups in total. The predicted molar refractivity (Wildman–Crippen MR) is 184 cm³/mol. The summed E-state index contributed by atoms with van der Waals surface area (Å²) < 4.78 is 9.40. The van der Waals surface area contributed by atoms with Crippen molar-refractivity contribution in [2.45, 2.75) is 31.7 Å². The van der Waals surface area contributed by atoms with Gasteiger partial charge in [-0.1, -0.05) is 6.07 Å². The Hall–Kier alpha value is -4.51. The maximum atomic E-state index is 12.4. The van der Waals surface area contributed by atoms with Crippen LogP contribution in [0.25, 0.3) is 21.9 Å². The summed E-state index contributed by atoms with van der Waals surface area (Å²) in [4.78, 5) is 31.8. The summed E-state index contributed by atoms with van der Waals surface area (Å²) in [6.07, 6.45) is 11.3. The van der Waals surface area contributed by atoms with Crippen molar-refractivity contribution in [2.24, 2.45) is 24.8 Å². The third kappa shape index (κ3) is 5.71. The van der Waals surface area contributed by atoms with Crippen LogP contribution in [-0.2, 0) is 16.6 Å². The van der Waals surface area contributed by atoms with Gasteiger partial charge in [-0.05, 0) is 60.6 Å². The minimum absolute atomic E-state index is 0.180. The lowest BCUT2D eigenvalue weighted by Crippen LogP contribution is -2.41. The number of likely N-dealkylation sites (tertiary alicyclic amines) is 1. The summed E-state index contributed by atoms with van der Waals surface area (Å²) in [6.45, 7) is 7.76. The number of piperidine rings is 2. The monoisotopic (exact) mass is 636 g/mol. The third-order valence-electron chi connectivity index (χ3n) is 11.0. The molecule has 246 valence electrons. The van der Waals surface area contributed by atoms with Crippen LogP contribution in [0, 0.1) is 17.8 Å². The first kappa shape index (κ1) is 29.9. The van der Waals surface area contributed by atoms with Crippen molar-refractivity contribution in [1.29, 1.82) is 0 Å². The van der Waals surface area contributed by atoms with Gasteiger partial charge in [0.1, 0.15) is 11.8 Å². The number of imide groups is 1. The van der Waals surface area contributed by atoms with Crippen LogP contribution >= 0.6 is 0 Å². The Morgan fingerprint density at radius 2 is 1.70 bits per heavy atom. The minimum Gasteiger partial charge on any atom is -0.495 e. The Balaban J connectivity index is 0.866. The van der Waals surface area contributed by atoms with E-state index in [9.17, 15) is 9.59 Å². The molecule has 4 aliphatic heterocycles. The number of benzene rings is 2. The van der Waals surface area contributed by atoms with Gasteiger partial charge in [-0.15, -0.1) is 0 Å². The second kappa shape index (κ2) is 11.9. The van der Waals surface area contributed by atoms with E-state index in [1.807, 2.05) is 41.0 Å². The summed E-state index contributed by atoms with van der Waals surface area (Å²) >= 11 is 0. The number of aryl methyl sites for hydroxylation is 1. The molecule has 11 heteroatoms. The molecule has 0 bridgehead atoms. The van der Waals surface area contributed by atoms with E-state index in [1.165, 1.54) is 43.9 Å². The smallest absolute Gasteiger partial charge is 0.249 e. The number of nitrogens with two attached hydrogens (primary N) is 1. The topological polar surface area (TPSA) is 114 Å². The summed E-state index contributed by atoms with van der Waals surface area (Å²) in [7, 11) is 3.62. The van der Waals surface area contributed by atoms with Crippen LogP contribution in [0.4, 0.5) is 17.1 Å². The fourth-order valence-corrected chi connectivity index (χ4v) is 8.48. The second-order valence-corrected chi connectivity index (χ2v) is 14.1. The summed E-state index contributed by atoms with van der Waals surface area (Å²) in [6, 6.07) is 10.5. The van der Waals surface area contributed by atoms with E-state index in [-0.39, 0.29) is 17.9 Å². The number of hydrogen-bond acceptors (Lipinski definition) is 8. The number of nitrogens with zero attached hydrogens (tertiary/aromatic N) is 6. The highest BCUT2D eigenvalue weighted by Crippen LogP contribution is 2.40. The van der Waals surface area contributed by atoms with Gasteiger partial charge >= 0.3 is 0 Å². The van der Waals surface area contributed by atoms with Crippen molar-refractivity contribution in [3.05, 3.63) is 55.1 Å². The molecule has 0 aliphatic carbocycles. The van der Waals surface area contributed by atoms with Crippen molar-refractivity contribution in [2.75, 3.05) is 68.5 Å². The van der Waals surface area contributed by atoms with Gasteiger partial charge in [-0.2, -0.15) is 5.10 Å². The Morgan fingerprint density at radius 1 is 0.936 bits per heavy atom. The van der Waals surface area contributed by atoms with Crippen molar-refractivity contribution in [3.8, 4) is 16.9 Å². The number of carbonyl (C=O) groups is 2. The van der Waals surface area contributed by atoms with Gasteiger partial charge in [-0.25, -0.2) is 0 Å². The summed E-state index contributed by atoms with van der Waals surface area (Å²) in [5.74, 6) is 2.43. The van der Waals surface area contributed by atoms with Crippen LogP contribution in [0.3, 0.4) is 0 Å². The molecule has 4 aromatic rings. The van der Waals surface area contributed by atoms with Crippen LogP contribution in [0.2, 0.25) is 0 Å². The van der Waals surface area contributed by atoms with Crippen LogP contribution in [0.5, 0.6) is 5.75 Å². The summed E-state index contributed by atoms with van der Waals surface area (Å²) in [5, 5.41) is 9.14. The number of rotatable bonds is 7. The number of anilines is 3. The number of amides is 2. The lowest BCUT2D eigenvalue weighted by molar-refractivity contribution is -0.135. The van der Waals surface area contributed by atoms with Gasteiger partial charge in [0.2, 0.25) is 11.8 Å². The first-order valence-corrected chi connectivity index (χ1v) is 16.9. The Kier molecular flexibility index (Phi) is 7.58. The molecule has 2 aromatic heterocycles. The van der Waals surface area contributed by atoms with Crippen LogP contribution in [0.15, 0.2) is 55.1 Å². The van der Waals surface area contributed by atoms with Gasteiger partial charge < -0.3 is 29.7 Å². The Bertz CT molecular complexity index is 1810. The van der Waals surface area contributed by atoms with Crippen LogP contribution in [0.1, 0.15) is 31.7 Å². The molecule has 3 atom stereocenters. The molecule has 8 rings (SSSR count). The molecule has 2 aromatic carbocycles. The van der Waals surface area contributed by atoms with E-state index in [4.69, 9.17) is 10.5 Å². The molecule has 0 radical (unpaired) electrons. The molecule has 3 unspecified atom stereocenters. The highest BCUT2D eigenvalue weighted by molar-refractivity contribution is 6.00. The number of carbonyl (C=O) groups excluding carboxylic acids is 2. The largest absolute Gasteiger partial charge is 0.495 e. The van der Waals surface area contributed by atoms with Gasteiger partial charge in [0.05, 0.1) is 19.0 Å². The average molecular weight is 637 g/mol. The zero-order valence-corrected chi connectivity index (χ0v) is 27.3. The zero-order chi connectivity index (χ0) is 32.2. The van der Waals surface area contributed by atoms with Crippen molar-refractivity contribution < 1.29 is 14.3 Å². The predicted octanol–water partition coefficient (Wildman–Crippen LogP) is 3.89. The maximum absolute atomic E-state index is 12.4. The molecule has 11 nitrogen and oxygen atoms in total. The van der Waals surface area contributed by atoms with E-state index in [0.29, 0.717) is 36.3 Å². The highest BCUT2D eigenvalue weighted by atomic mass is 16.5. The van der Waals surface area contributed by atoms with Gasteiger partial charge in [0.25, 0.3) is 0 Å². The summed E-state index contributed by atoms with van der Waals surface area (Å²) in [5.41, 5.74) is 11.6. The molecular weight excluding hydrogens is 592 g/mol. The SMILES string of the molecule is COc1cc(N2CCC(CN3CC4CN(c5ccc6cn(C7CCC(=O)NC7=O)cc6c5)CC4C3)CC2)c(-c2cnn(C)c2)cc1N. The Labute approximate surface area is 275 Å². The number of aromatic nitrogens is 3. The quantitative estimate of drug-likeness (QED) is 0.232. The van der Waals surface area contributed by atoms with Crippen molar-refractivity contribution >= 4 is 39.6 Å². The first-order valence-electron chi connectivity index (χ1n) is 16.9. The zero-order valence-electron chi connectivity index (χ0n) is 27.3. The molecular formula is C36H44N8O3. The maximum Gasteiger partial charge on any atom is 0.249 e. The van der Waals surface area contributed by atoms with Gasteiger partial charge in [-0.3, -0.25) is 19.6 Å². The van der Waals surface area contributed by atoms with E-state index >= 15 is 0 Å². The Morgan fingerprint density at radius 3 is 2.40 bits per heavy atom. The molecule has 0 saturated carbocycles. The standard InChI is InChI=1S/C36H44N8O3/c1-40-16-26(14-38-40)30-12-31(37)34(47-2)13-33(30)42-9-7-23(8-10-42)15-41-17-27-21-43(22-28(27)18-41)29-4-3-24-19-44(20-25(24)11-29)32-5-6-35(45)39-36(32)46/h3-4,11-14,16,19-20,23,27-28,32H,5-10,15,17-18,21-22,37H2,1-2H3,(H,39,45,46). The second-order valence-electron chi connectivity index (χ2n) is 14.1. The fourth-order valence-electron chi connectivity index (χ4n) is 8.48. The number of nitrogens with one attached hydrogen (secondary N) is 1. The number of fused-ring (bicyclic) bond motifs is 2. The molecule has 6 heterocycles. The van der Waals surface area contributed by atoms with Crippen LogP contribution < -0.4 is 25.6 Å². The minimum atomic E-state index is -0.321. The van der Waals surface area contributed by atoms with E-state index in [1.54, 1.807) is 7.11 Å². The first-order chi connectivity index (χ1) is 22.8. The number of hydrogen-bond donors (Lipinski definition) is 2. The average Bonchev–Trinajstić information content (AvgIpc) is 3.84. The van der Waals surface area contributed by atoms with Crippen molar-refractivity contribution in [1.82, 2.24) is 24.6 Å². The number of methoxy groups -OCH3 is 1. The lowest BCUT2D eigenvalue weighted by atomic mass is 9.94. The molecule has 2 amide bonds. The van der Waals surface area contributed by atoms with E-state index < -0.39 is 0 Å². The van der Waals surface area contributed by atoms with E-state index in [2.05, 4.69) is 55.6 Å². The van der Waals surface area contributed by atoms with E-state index in [0.717, 1.165) is 53.8 Å². The number of nitrogen functional groups attached to an aromatic ring is 1. The fraction of sp³-hybridized carbons (Fsp3) is 0.472. The third-order valence-corrected chi connectivity index (χ3v) is 11.0. The molecule has 4 saturated heterocycles. The number of ether oxygens (including phenoxy) is 1.